The Labute approximate surface area is 179 Å². The van der Waals surface area contributed by atoms with E-state index in [0.29, 0.717) is 19.0 Å². The summed E-state index contributed by atoms with van der Waals surface area (Å²) in [5.41, 5.74) is 3.56. The van der Waals surface area contributed by atoms with Gasteiger partial charge in [-0.25, -0.2) is 0 Å². The number of nitriles is 1. The number of rotatable bonds is 7. The van der Waals surface area contributed by atoms with E-state index in [1.165, 1.54) is 11.1 Å². The maximum Gasteiger partial charge on any atom is 0.266 e. The molecule has 30 heavy (non-hydrogen) atoms. The summed E-state index contributed by atoms with van der Waals surface area (Å²) in [6.07, 6.45) is 2.58. The lowest BCUT2D eigenvalue weighted by Crippen LogP contribution is -2.48. The van der Waals surface area contributed by atoms with Gasteiger partial charge >= 0.3 is 0 Å². The van der Waals surface area contributed by atoms with Gasteiger partial charge in [0.15, 0.2) is 0 Å². The van der Waals surface area contributed by atoms with Crippen molar-refractivity contribution in [2.45, 2.75) is 32.7 Å². The normalized spacial score (nSPS) is 16.0. The molecule has 1 heterocycles. The van der Waals surface area contributed by atoms with Crippen LogP contribution in [0.1, 0.15) is 37.3 Å². The highest BCUT2D eigenvalue weighted by Crippen LogP contribution is 2.26. The highest BCUT2D eigenvalue weighted by molar-refractivity contribution is 5.97. The van der Waals surface area contributed by atoms with Crippen LogP contribution in [0.4, 0.5) is 5.69 Å². The topological polar surface area (TPSA) is 59.4 Å². The molecular formula is C25H30N4O. The first-order valence-corrected chi connectivity index (χ1v) is 10.6. The summed E-state index contributed by atoms with van der Waals surface area (Å²) in [6.45, 7) is 8.10. The van der Waals surface area contributed by atoms with E-state index >= 15 is 0 Å². The lowest BCUT2D eigenvalue weighted by Gasteiger charge is -2.34. The van der Waals surface area contributed by atoms with Gasteiger partial charge in [-0.05, 0) is 29.5 Å². The zero-order valence-electron chi connectivity index (χ0n) is 17.8. The fraction of sp³-hybridized carbons (Fsp3) is 0.360. The Morgan fingerprint density at radius 2 is 1.77 bits per heavy atom. The second-order valence-electron chi connectivity index (χ2n) is 7.76. The van der Waals surface area contributed by atoms with Gasteiger partial charge in [-0.2, -0.15) is 5.26 Å². The van der Waals surface area contributed by atoms with Crippen molar-refractivity contribution in [2.75, 3.05) is 31.5 Å². The van der Waals surface area contributed by atoms with Crippen LogP contribution >= 0.6 is 0 Å². The number of anilines is 1. The smallest absolute Gasteiger partial charge is 0.266 e. The van der Waals surface area contributed by atoms with Crippen molar-refractivity contribution in [3.8, 4) is 6.07 Å². The summed E-state index contributed by atoms with van der Waals surface area (Å²) >= 11 is 0. The number of amides is 1. The molecule has 5 heteroatoms. The fourth-order valence-corrected chi connectivity index (χ4v) is 3.69. The summed E-state index contributed by atoms with van der Waals surface area (Å²) in [4.78, 5) is 17.0. The molecule has 3 rings (SSSR count). The molecule has 0 bridgehead atoms. The van der Waals surface area contributed by atoms with E-state index in [-0.39, 0.29) is 11.5 Å². The monoisotopic (exact) mass is 402 g/mol. The van der Waals surface area contributed by atoms with Gasteiger partial charge in [0.05, 0.1) is 0 Å². The third-order valence-corrected chi connectivity index (χ3v) is 5.74. The Balaban J connectivity index is 1.60. The van der Waals surface area contributed by atoms with Crippen LogP contribution in [0.2, 0.25) is 0 Å². The first kappa shape index (κ1) is 21.6. The van der Waals surface area contributed by atoms with Gasteiger partial charge in [0.2, 0.25) is 0 Å². The van der Waals surface area contributed by atoms with E-state index in [9.17, 15) is 10.1 Å². The van der Waals surface area contributed by atoms with Crippen molar-refractivity contribution >= 4 is 11.6 Å². The van der Waals surface area contributed by atoms with Crippen molar-refractivity contribution in [1.29, 1.82) is 5.26 Å². The van der Waals surface area contributed by atoms with Crippen LogP contribution in [0.3, 0.4) is 0 Å². The van der Waals surface area contributed by atoms with Gasteiger partial charge in [0.1, 0.15) is 11.6 Å². The first-order valence-electron chi connectivity index (χ1n) is 10.6. The number of para-hydroxylation sites is 1. The lowest BCUT2D eigenvalue weighted by molar-refractivity contribution is -0.128. The maximum absolute atomic E-state index is 12.9. The highest BCUT2D eigenvalue weighted by Gasteiger charge is 2.23. The van der Waals surface area contributed by atoms with Crippen LogP contribution in [0, 0.1) is 11.3 Å². The van der Waals surface area contributed by atoms with Gasteiger partial charge in [-0.1, -0.05) is 62.4 Å². The minimum absolute atomic E-state index is 0.144. The number of hydrogen-bond acceptors (Lipinski definition) is 4. The quantitative estimate of drug-likeness (QED) is 0.552. The van der Waals surface area contributed by atoms with Crippen molar-refractivity contribution in [3.63, 3.8) is 0 Å². The Kier molecular flexibility index (Phi) is 7.64. The second kappa shape index (κ2) is 10.6. The number of carbonyl (C=O) groups is 1. The second-order valence-corrected chi connectivity index (χ2v) is 7.76. The van der Waals surface area contributed by atoms with Gasteiger partial charge in [0, 0.05) is 44.6 Å². The van der Waals surface area contributed by atoms with Crippen LogP contribution in [0.25, 0.3) is 0 Å². The summed E-state index contributed by atoms with van der Waals surface area (Å²) < 4.78 is 0. The van der Waals surface area contributed by atoms with Crippen molar-refractivity contribution in [2.24, 2.45) is 0 Å². The third-order valence-electron chi connectivity index (χ3n) is 5.74. The molecule has 5 nitrogen and oxygen atoms in total. The number of hydrogen-bond donors (Lipinski definition) is 1. The average molecular weight is 403 g/mol. The summed E-state index contributed by atoms with van der Waals surface area (Å²) in [7, 11) is 0. The molecule has 1 N–H and O–H groups in total. The molecule has 2 aromatic carbocycles. The summed E-state index contributed by atoms with van der Waals surface area (Å²) in [5.74, 6) is 0.200. The predicted molar refractivity (Wildman–Crippen MR) is 121 cm³/mol. The number of benzene rings is 2. The van der Waals surface area contributed by atoms with Gasteiger partial charge in [0.25, 0.3) is 5.91 Å². The number of piperazine rings is 1. The average Bonchev–Trinajstić information content (AvgIpc) is 2.80. The summed E-state index contributed by atoms with van der Waals surface area (Å²) in [6, 6.07) is 20.5. The van der Waals surface area contributed by atoms with E-state index in [2.05, 4.69) is 48.3 Å². The molecule has 1 saturated heterocycles. The van der Waals surface area contributed by atoms with E-state index < -0.39 is 0 Å². The van der Waals surface area contributed by atoms with Crippen LogP contribution in [0.5, 0.6) is 0 Å². The standard InChI is InChI=1S/C25H30N4O/c1-3-20(2)23-11-7-8-12-24(23)27-18-22(17-26)25(30)29-15-13-28(14-16-29)19-21-9-5-4-6-10-21/h4-12,18,20,27H,3,13-16,19H2,1-2H3/b22-18-. The molecule has 1 aliphatic rings. The largest absolute Gasteiger partial charge is 0.360 e. The SMILES string of the molecule is CCC(C)c1ccccc1N/C=C(/C#N)C(=O)N1CCN(Cc2ccccc2)CC1. The van der Waals surface area contributed by atoms with Gasteiger partial charge in [-0.15, -0.1) is 0 Å². The van der Waals surface area contributed by atoms with Crippen molar-refractivity contribution < 1.29 is 4.79 Å². The lowest BCUT2D eigenvalue weighted by atomic mass is 9.97. The number of carbonyl (C=O) groups excluding carboxylic acids is 1. The molecule has 0 aromatic heterocycles. The maximum atomic E-state index is 12.9. The van der Waals surface area contributed by atoms with Gasteiger partial charge in [-0.3, -0.25) is 9.69 Å². The molecule has 1 atom stereocenters. The minimum atomic E-state index is -0.203. The van der Waals surface area contributed by atoms with Crippen LogP contribution in [0.15, 0.2) is 66.4 Å². The Bertz CT molecular complexity index is 908. The zero-order valence-corrected chi connectivity index (χ0v) is 17.8. The number of nitrogens with one attached hydrogen (secondary N) is 1. The molecule has 0 radical (unpaired) electrons. The molecule has 0 spiro atoms. The third kappa shape index (κ3) is 5.49. The summed E-state index contributed by atoms with van der Waals surface area (Å²) in [5, 5.41) is 12.8. The number of nitrogens with zero attached hydrogens (tertiary/aromatic N) is 3. The molecular weight excluding hydrogens is 372 g/mol. The first-order chi connectivity index (χ1) is 14.6. The van der Waals surface area contributed by atoms with Crippen LogP contribution < -0.4 is 5.32 Å². The molecule has 2 aromatic rings. The van der Waals surface area contributed by atoms with Crippen LogP contribution in [-0.2, 0) is 11.3 Å². The van der Waals surface area contributed by atoms with E-state index in [4.69, 9.17) is 0 Å². The van der Waals surface area contributed by atoms with Crippen molar-refractivity contribution in [3.05, 3.63) is 77.5 Å². The minimum Gasteiger partial charge on any atom is -0.360 e. The predicted octanol–water partition coefficient (Wildman–Crippen LogP) is 4.36. The highest BCUT2D eigenvalue weighted by atomic mass is 16.2. The molecule has 0 saturated carbocycles. The van der Waals surface area contributed by atoms with Crippen LogP contribution in [-0.4, -0.2) is 41.9 Å². The molecule has 1 fully saturated rings. The fourth-order valence-electron chi connectivity index (χ4n) is 3.69. The molecule has 0 aliphatic carbocycles. The van der Waals surface area contributed by atoms with E-state index in [1.807, 2.05) is 36.4 Å². The van der Waals surface area contributed by atoms with E-state index in [1.54, 1.807) is 11.1 Å². The Morgan fingerprint density at radius 1 is 1.10 bits per heavy atom. The van der Waals surface area contributed by atoms with Crippen molar-refractivity contribution in [1.82, 2.24) is 9.80 Å². The molecule has 1 amide bonds. The zero-order chi connectivity index (χ0) is 21.3. The molecule has 1 aliphatic heterocycles. The Morgan fingerprint density at radius 3 is 2.43 bits per heavy atom. The molecule has 1 unspecified atom stereocenters. The Hall–Kier alpha value is -3.10. The molecule has 156 valence electrons. The van der Waals surface area contributed by atoms with Gasteiger partial charge < -0.3 is 10.2 Å². The van der Waals surface area contributed by atoms with E-state index in [0.717, 1.165) is 31.7 Å².